The van der Waals surface area contributed by atoms with Crippen molar-refractivity contribution in [1.82, 2.24) is 4.90 Å². The Morgan fingerprint density at radius 2 is 0.698 bits per heavy atom. The van der Waals surface area contributed by atoms with Crippen molar-refractivity contribution in [2.24, 2.45) is 0 Å². The van der Waals surface area contributed by atoms with Gasteiger partial charge in [-0.15, -0.1) is 0 Å². The van der Waals surface area contributed by atoms with E-state index >= 15 is 9.59 Å². The molecule has 9 aromatic rings. The number of imide groups is 1. The van der Waals surface area contributed by atoms with Crippen LogP contribution in [0.15, 0.2) is 261 Å². The predicted molar refractivity (Wildman–Crippen MR) is 388 cm³/mol. The molecule has 0 saturated carbocycles. The van der Waals surface area contributed by atoms with E-state index in [9.17, 15) is 9.59 Å². The molecule has 0 aromatic heterocycles. The number of methoxy groups -OCH3 is 1. The Labute approximate surface area is 617 Å². The number of benzene rings is 9. The molecule has 0 radical (unpaired) electrons. The number of nitrogens with zero attached hydrogens (tertiary/aromatic N) is 1. The fraction of sp³-hybridized carbons (Fsp3) is 0.326. The van der Waals surface area contributed by atoms with Crippen LogP contribution in [0.5, 0.6) is 0 Å². The molecule has 0 N–H and O–H groups in total. The Hall–Kier alpha value is -9.46. The number of carbonyl (C=O) groups excluding carboxylic acids is 4. The normalized spacial score (nSPS) is 25.0. The smallest absolute Gasteiger partial charge is 0.338 e. The van der Waals surface area contributed by atoms with Gasteiger partial charge in [-0.3, -0.25) is 19.3 Å². The lowest BCUT2D eigenvalue weighted by atomic mass is 9.93. The standard InChI is InChI=1S/C86H87NO19/c1-57-43-45-66(46-44-57)83(91)105-80-77(97-51-63-35-19-8-20-36-63)74(96-50-62-33-17-7-18-34-62)69(54-93-47-59-27-11-4-12-28-59)104-86(80)100-56-71-73(95-49-61-31-15-6-16-32-61)76(101-58(2)88)72(87-81(89)67-41-25-26-42-68(67)82(87)90)84(102-71)106-75-70(55-94-48-60-29-13-5-14-30-60)103-85(92-3)79(99-53-65-39-23-10-24-40-65)78(75)98-52-64-37-21-9-22-38-64/h4-46,69-80,84-86H,47-56H2,1-3H3/t69-,70-,71-,72-,73-,74-,75-,76-,77+,78+,79-,80-,84+,85+,86-/m1/s1. The molecular weight excluding hydrogens is 1350 g/mol. The molecule has 2 amide bonds. The Morgan fingerprint density at radius 1 is 0.349 bits per heavy atom. The quantitative estimate of drug-likeness (QED) is 0.0276. The van der Waals surface area contributed by atoms with Crippen LogP contribution in [0.1, 0.15) is 82.5 Å². The van der Waals surface area contributed by atoms with E-state index in [1.165, 1.54) is 14.0 Å². The fourth-order valence-electron chi connectivity index (χ4n) is 13.6. The molecule has 4 heterocycles. The molecule has 4 aliphatic heterocycles. The lowest BCUT2D eigenvalue weighted by molar-refractivity contribution is -0.366. The molecule has 106 heavy (non-hydrogen) atoms. The van der Waals surface area contributed by atoms with Crippen LogP contribution >= 0.6 is 0 Å². The summed E-state index contributed by atoms with van der Waals surface area (Å²) in [5.74, 6) is -2.96. The third-order valence-corrected chi connectivity index (χ3v) is 18.9. The maximum atomic E-state index is 15.4. The monoisotopic (exact) mass is 1440 g/mol. The molecule has 3 saturated heterocycles. The van der Waals surface area contributed by atoms with Crippen molar-refractivity contribution in [2.45, 2.75) is 152 Å². The number of aryl methyl sites for hydroxylation is 1. The van der Waals surface area contributed by atoms with E-state index in [0.29, 0.717) is 5.56 Å². The minimum Gasteiger partial charge on any atom is -0.457 e. The molecular formula is C86H87NO19. The van der Waals surface area contributed by atoms with Crippen molar-refractivity contribution < 1.29 is 90.2 Å². The molecule has 13 rings (SSSR count). The highest BCUT2D eigenvalue weighted by molar-refractivity contribution is 6.21. The van der Waals surface area contributed by atoms with E-state index in [1.54, 1.807) is 36.4 Å². The van der Waals surface area contributed by atoms with Gasteiger partial charge in [0.2, 0.25) is 0 Å². The number of ether oxygens (including phenoxy) is 15. The fourth-order valence-corrected chi connectivity index (χ4v) is 13.6. The van der Waals surface area contributed by atoms with Crippen LogP contribution in [0.2, 0.25) is 0 Å². The third kappa shape index (κ3) is 19.2. The van der Waals surface area contributed by atoms with Crippen LogP contribution in [0.4, 0.5) is 0 Å². The van der Waals surface area contributed by atoms with Crippen LogP contribution in [0.3, 0.4) is 0 Å². The first-order valence-corrected chi connectivity index (χ1v) is 35.7. The number of fused-ring (bicyclic) bond motifs is 1. The maximum absolute atomic E-state index is 15.4. The molecule has 15 atom stereocenters. The highest BCUT2D eigenvalue weighted by Crippen LogP contribution is 2.41. The summed E-state index contributed by atoms with van der Waals surface area (Å²) in [6.07, 6.45) is -17.9. The van der Waals surface area contributed by atoms with Gasteiger partial charge in [0.25, 0.3) is 11.8 Å². The summed E-state index contributed by atoms with van der Waals surface area (Å²) in [5.41, 5.74) is 7.13. The second kappa shape index (κ2) is 37.2. The molecule has 0 spiro atoms. The van der Waals surface area contributed by atoms with Gasteiger partial charge in [0.1, 0.15) is 61.0 Å². The summed E-state index contributed by atoms with van der Waals surface area (Å²) in [5, 5.41) is 0. The average molecular weight is 1440 g/mol. The van der Waals surface area contributed by atoms with Gasteiger partial charge in [-0.2, -0.15) is 0 Å². The summed E-state index contributed by atoms with van der Waals surface area (Å²) < 4.78 is 104. The first-order valence-electron chi connectivity index (χ1n) is 35.7. The van der Waals surface area contributed by atoms with Crippen molar-refractivity contribution >= 4 is 23.8 Å². The summed E-state index contributed by atoms with van der Waals surface area (Å²) in [6, 6.07) is 78.7. The second-order valence-corrected chi connectivity index (χ2v) is 26.4. The number of hydrogen-bond donors (Lipinski definition) is 0. The van der Waals surface area contributed by atoms with Crippen LogP contribution in [0, 0.1) is 6.92 Å². The average Bonchev–Trinajstić information content (AvgIpc) is 0.840. The molecule has 3 fully saturated rings. The topological polar surface area (TPSA) is 210 Å². The van der Waals surface area contributed by atoms with Crippen molar-refractivity contribution in [3.8, 4) is 0 Å². The largest absolute Gasteiger partial charge is 0.457 e. The molecule has 4 aliphatic rings. The molecule has 0 unspecified atom stereocenters. The van der Waals surface area contributed by atoms with Gasteiger partial charge in [0, 0.05) is 14.0 Å². The number of rotatable bonds is 33. The van der Waals surface area contributed by atoms with Crippen LogP contribution < -0.4 is 0 Å². The summed E-state index contributed by atoms with van der Waals surface area (Å²) in [4.78, 5) is 61.1. The number of amides is 2. The Balaban J connectivity index is 0.933. The predicted octanol–water partition coefficient (Wildman–Crippen LogP) is 12.7. The Bertz CT molecular complexity index is 4170. The van der Waals surface area contributed by atoms with E-state index in [1.807, 2.05) is 231 Å². The summed E-state index contributed by atoms with van der Waals surface area (Å²) in [7, 11) is 1.51. The van der Waals surface area contributed by atoms with Crippen molar-refractivity contribution in [1.29, 1.82) is 0 Å². The minimum atomic E-state index is -1.78. The number of carbonyl (C=O) groups is 4. The number of hydrogen-bond acceptors (Lipinski definition) is 19. The molecule has 20 nitrogen and oxygen atoms in total. The van der Waals surface area contributed by atoms with Crippen LogP contribution in [-0.2, 0) is 122 Å². The van der Waals surface area contributed by atoms with Gasteiger partial charge in [-0.05, 0) is 70.1 Å². The molecule has 9 aromatic carbocycles. The molecule has 0 bridgehead atoms. The van der Waals surface area contributed by atoms with E-state index in [-0.39, 0.29) is 76.2 Å². The highest BCUT2D eigenvalue weighted by Gasteiger charge is 2.60. The molecule has 0 aliphatic carbocycles. The second-order valence-electron chi connectivity index (χ2n) is 26.4. The van der Waals surface area contributed by atoms with Crippen LogP contribution in [-0.4, -0.2) is 148 Å². The zero-order chi connectivity index (χ0) is 73.0. The maximum Gasteiger partial charge on any atom is 0.338 e. The van der Waals surface area contributed by atoms with E-state index < -0.39 is 122 Å². The van der Waals surface area contributed by atoms with Crippen molar-refractivity contribution in [2.75, 3.05) is 26.9 Å². The van der Waals surface area contributed by atoms with E-state index in [2.05, 4.69) is 0 Å². The summed E-state index contributed by atoms with van der Waals surface area (Å²) in [6.45, 7) is 2.90. The Kier molecular flexibility index (Phi) is 26.2. The SMILES string of the molecule is CO[C@H]1O[C@H](COCc2ccccc2)[C@@H](O[C@@H]2O[C@H](CO[C@@H]3O[C@H](COCc4ccccc4)[C@@H](OCc4ccccc4)[C@H](OCc4ccccc4)[C@H]3OC(=O)c3ccc(C)cc3)[C@@H](OCc3ccccc3)[C@H](OC(C)=O)[C@H]2N2C(=O)c3ccccc3C2=O)[C@H](OCc2ccccc2)[C@H]1OCc1ccccc1. The van der Waals surface area contributed by atoms with Gasteiger partial charge < -0.3 is 71.1 Å². The third-order valence-electron chi connectivity index (χ3n) is 18.9. The zero-order valence-electron chi connectivity index (χ0n) is 59.3. The lowest BCUT2D eigenvalue weighted by Crippen LogP contribution is -2.70. The zero-order valence-corrected chi connectivity index (χ0v) is 59.3. The van der Waals surface area contributed by atoms with Gasteiger partial charge in [-0.1, -0.05) is 242 Å². The van der Waals surface area contributed by atoms with Gasteiger partial charge >= 0.3 is 11.9 Å². The lowest BCUT2D eigenvalue weighted by Gasteiger charge is -2.51. The van der Waals surface area contributed by atoms with E-state index in [4.69, 9.17) is 71.1 Å². The van der Waals surface area contributed by atoms with Crippen molar-refractivity contribution in [3.05, 3.63) is 322 Å². The van der Waals surface area contributed by atoms with Gasteiger partial charge in [0.15, 0.2) is 31.1 Å². The number of esters is 2. The Morgan fingerprint density at radius 3 is 1.12 bits per heavy atom. The summed E-state index contributed by atoms with van der Waals surface area (Å²) >= 11 is 0. The van der Waals surface area contributed by atoms with Gasteiger partial charge in [-0.25, -0.2) is 4.79 Å². The molecule has 550 valence electrons. The van der Waals surface area contributed by atoms with E-state index in [0.717, 1.165) is 43.8 Å². The minimum absolute atomic E-state index is 0.0312. The van der Waals surface area contributed by atoms with Gasteiger partial charge in [0.05, 0.1) is 82.8 Å². The first-order chi connectivity index (χ1) is 52.0. The first kappa shape index (κ1) is 74.8. The highest BCUT2D eigenvalue weighted by atomic mass is 16.8. The molecule has 20 heteroatoms. The van der Waals surface area contributed by atoms with Crippen molar-refractivity contribution in [3.63, 3.8) is 0 Å². The van der Waals surface area contributed by atoms with Crippen LogP contribution in [0.25, 0.3) is 0 Å².